The lowest BCUT2D eigenvalue weighted by molar-refractivity contribution is 0.311. The third-order valence-corrected chi connectivity index (χ3v) is 4.17. The van der Waals surface area contributed by atoms with Crippen molar-refractivity contribution in [3.05, 3.63) is 46.5 Å². The predicted molar refractivity (Wildman–Crippen MR) is 88.2 cm³/mol. The second-order valence-electron chi connectivity index (χ2n) is 5.20. The van der Waals surface area contributed by atoms with Crippen LogP contribution < -0.4 is 5.32 Å². The van der Waals surface area contributed by atoms with Gasteiger partial charge in [-0.2, -0.15) is 21.6 Å². The lowest BCUT2D eigenvalue weighted by Crippen LogP contribution is -2.26. The molecule has 3 heterocycles. The highest BCUT2D eigenvalue weighted by atomic mass is 32.1. The molecule has 0 radical (unpaired) electrons. The number of hydrogen-bond acceptors (Lipinski definition) is 7. The summed E-state index contributed by atoms with van der Waals surface area (Å²) < 4.78 is 10.9. The number of hydrogen-bond donors (Lipinski definition) is 1. The number of thiophene rings is 1. The van der Waals surface area contributed by atoms with Crippen LogP contribution in [0.4, 0.5) is 5.88 Å². The Hall–Kier alpha value is -2.56. The highest BCUT2D eigenvalue weighted by Crippen LogP contribution is 2.27. The lowest BCUT2D eigenvalue weighted by Gasteiger charge is -2.23. The van der Waals surface area contributed by atoms with Gasteiger partial charge in [-0.15, -0.1) is 0 Å². The van der Waals surface area contributed by atoms with Crippen LogP contribution in [0.1, 0.15) is 17.3 Å². The molecule has 0 fully saturated rings. The van der Waals surface area contributed by atoms with Gasteiger partial charge in [0.15, 0.2) is 5.76 Å². The first-order valence-electron chi connectivity index (χ1n) is 7.06. The third kappa shape index (κ3) is 3.28. The Morgan fingerprint density at radius 3 is 2.91 bits per heavy atom. The first kappa shape index (κ1) is 15.3. The molecule has 0 aromatic carbocycles. The van der Waals surface area contributed by atoms with Crippen molar-refractivity contribution in [2.75, 3.05) is 26.0 Å². The van der Waals surface area contributed by atoms with Crippen LogP contribution in [0, 0.1) is 11.3 Å². The normalized spacial score (nSPS) is 12.3. The zero-order valence-electron chi connectivity index (χ0n) is 12.8. The molecule has 118 valence electrons. The standard InChI is InChI=1S/C16H16N4O2S/c1-20(2)13(11-5-7-23-10-11)9-18-15-12(8-17)19-16(22-15)14-4-3-6-21-14/h3-7,10,13,18H,9H2,1-2H3/t13-/m0/s1. The maximum atomic E-state index is 9.24. The van der Waals surface area contributed by atoms with Gasteiger partial charge in [-0.05, 0) is 48.6 Å². The summed E-state index contributed by atoms with van der Waals surface area (Å²) in [6.45, 7) is 0.602. The zero-order valence-corrected chi connectivity index (χ0v) is 13.6. The Labute approximate surface area is 138 Å². The summed E-state index contributed by atoms with van der Waals surface area (Å²) in [6, 6.07) is 7.80. The molecule has 3 rings (SSSR count). The Bertz CT molecular complexity index is 785. The zero-order chi connectivity index (χ0) is 16.2. The Kier molecular flexibility index (Phi) is 4.46. The predicted octanol–water partition coefficient (Wildman–Crippen LogP) is 3.58. The van der Waals surface area contributed by atoms with Crippen LogP contribution in [0.3, 0.4) is 0 Å². The highest BCUT2D eigenvalue weighted by molar-refractivity contribution is 7.07. The number of nitrogens with zero attached hydrogens (tertiary/aromatic N) is 3. The minimum atomic E-state index is 0.171. The van der Waals surface area contributed by atoms with Crippen LogP contribution in [-0.4, -0.2) is 30.5 Å². The molecule has 0 unspecified atom stereocenters. The average Bonchev–Trinajstić information content (AvgIpc) is 3.28. The second-order valence-corrected chi connectivity index (χ2v) is 5.98. The fourth-order valence-electron chi connectivity index (χ4n) is 2.27. The monoisotopic (exact) mass is 328 g/mol. The third-order valence-electron chi connectivity index (χ3n) is 3.47. The Morgan fingerprint density at radius 2 is 2.30 bits per heavy atom. The van der Waals surface area contributed by atoms with E-state index in [4.69, 9.17) is 8.83 Å². The van der Waals surface area contributed by atoms with Crippen molar-refractivity contribution in [2.24, 2.45) is 0 Å². The van der Waals surface area contributed by atoms with E-state index in [-0.39, 0.29) is 11.7 Å². The number of nitriles is 1. The number of anilines is 1. The number of furan rings is 1. The van der Waals surface area contributed by atoms with E-state index in [0.717, 1.165) is 0 Å². The Morgan fingerprint density at radius 1 is 1.43 bits per heavy atom. The largest absolute Gasteiger partial charge is 0.459 e. The summed E-state index contributed by atoms with van der Waals surface area (Å²) >= 11 is 1.66. The van der Waals surface area contributed by atoms with Gasteiger partial charge in [0.2, 0.25) is 11.6 Å². The first-order chi connectivity index (χ1) is 11.2. The lowest BCUT2D eigenvalue weighted by atomic mass is 10.1. The molecule has 23 heavy (non-hydrogen) atoms. The quantitative estimate of drug-likeness (QED) is 0.745. The molecule has 6 nitrogen and oxygen atoms in total. The van der Waals surface area contributed by atoms with Crippen LogP contribution >= 0.6 is 11.3 Å². The summed E-state index contributed by atoms with van der Waals surface area (Å²) in [5, 5.41) is 16.6. The molecule has 0 aliphatic heterocycles. The molecule has 0 bridgehead atoms. The number of likely N-dealkylation sites (N-methyl/N-ethyl adjacent to an activating group) is 1. The molecule has 1 atom stereocenters. The molecule has 3 aromatic heterocycles. The van der Waals surface area contributed by atoms with Crippen molar-refractivity contribution >= 4 is 17.2 Å². The minimum absolute atomic E-state index is 0.171. The second kappa shape index (κ2) is 6.69. The van der Waals surface area contributed by atoms with E-state index in [9.17, 15) is 5.26 Å². The highest BCUT2D eigenvalue weighted by Gasteiger charge is 2.19. The molecular weight excluding hydrogens is 312 g/mol. The smallest absolute Gasteiger partial charge is 0.266 e. The van der Waals surface area contributed by atoms with E-state index in [2.05, 4.69) is 32.0 Å². The molecule has 0 saturated carbocycles. The number of aromatic nitrogens is 1. The van der Waals surface area contributed by atoms with Gasteiger partial charge in [-0.1, -0.05) is 0 Å². The van der Waals surface area contributed by atoms with Crippen molar-refractivity contribution < 1.29 is 8.83 Å². The van der Waals surface area contributed by atoms with Crippen molar-refractivity contribution in [1.82, 2.24) is 9.88 Å². The summed E-state index contributed by atoms with van der Waals surface area (Å²) in [4.78, 5) is 6.28. The maximum absolute atomic E-state index is 9.24. The SMILES string of the molecule is CN(C)[C@@H](CNc1oc(-c2ccco2)nc1C#N)c1ccsc1. The van der Waals surface area contributed by atoms with Crippen molar-refractivity contribution in [3.8, 4) is 17.7 Å². The summed E-state index contributed by atoms with van der Waals surface area (Å²) in [5.41, 5.74) is 1.44. The van der Waals surface area contributed by atoms with E-state index < -0.39 is 0 Å². The van der Waals surface area contributed by atoms with Crippen molar-refractivity contribution in [2.45, 2.75) is 6.04 Å². The number of oxazole rings is 1. The maximum Gasteiger partial charge on any atom is 0.266 e. The fourth-order valence-corrected chi connectivity index (χ4v) is 2.98. The Balaban J connectivity index is 1.78. The summed E-state index contributed by atoms with van der Waals surface area (Å²) in [7, 11) is 4.04. The first-order valence-corrected chi connectivity index (χ1v) is 8.00. The minimum Gasteiger partial charge on any atom is -0.459 e. The summed E-state index contributed by atoms with van der Waals surface area (Å²) in [5.74, 6) is 1.16. The van der Waals surface area contributed by atoms with Crippen molar-refractivity contribution in [1.29, 1.82) is 5.26 Å². The average molecular weight is 328 g/mol. The van der Waals surface area contributed by atoms with Gasteiger partial charge in [0.25, 0.3) is 5.89 Å². The van der Waals surface area contributed by atoms with Crippen LogP contribution in [-0.2, 0) is 0 Å². The van der Waals surface area contributed by atoms with Crippen LogP contribution in [0.15, 0.2) is 44.1 Å². The molecular formula is C16H16N4O2S. The van der Waals surface area contributed by atoms with Gasteiger partial charge in [0.1, 0.15) is 6.07 Å². The molecule has 1 N–H and O–H groups in total. The number of nitrogens with one attached hydrogen (secondary N) is 1. The number of rotatable bonds is 6. The van der Waals surface area contributed by atoms with Gasteiger partial charge in [0.05, 0.1) is 12.3 Å². The van der Waals surface area contributed by atoms with E-state index in [1.165, 1.54) is 11.8 Å². The molecule has 3 aromatic rings. The summed E-state index contributed by atoms with van der Waals surface area (Å²) in [6.07, 6.45) is 1.54. The molecule has 7 heteroatoms. The van der Waals surface area contributed by atoms with Crippen LogP contribution in [0.5, 0.6) is 0 Å². The topological polar surface area (TPSA) is 78.2 Å². The van der Waals surface area contributed by atoms with Gasteiger partial charge >= 0.3 is 0 Å². The molecule has 0 aliphatic rings. The van der Waals surface area contributed by atoms with E-state index in [0.29, 0.717) is 24.1 Å². The van der Waals surface area contributed by atoms with E-state index in [1.807, 2.05) is 20.2 Å². The van der Waals surface area contributed by atoms with Gasteiger partial charge < -0.3 is 19.1 Å². The van der Waals surface area contributed by atoms with Crippen LogP contribution in [0.2, 0.25) is 0 Å². The molecule has 0 spiro atoms. The fraction of sp³-hybridized carbons (Fsp3) is 0.250. The van der Waals surface area contributed by atoms with E-state index in [1.54, 1.807) is 23.5 Å². The molecule has 0 saturated heterocycles. The van der Waals surface area contributed by atoms with Crippen LogP contribution in [0.25, 0.3) is 11.7 Å². The molecule has 0 aliphatic carbocycles. The van der Waals surface area contributed by atoms with Crippen molar-refractivity contribution in [3.63, 3.8) is 0 Å². The molecule has 0 amide bonds. The van der Waals surface area contributed by atoms with Gasteiger partial charge in [0, 0.05) is 6.54 Å². The van der Waals surface area contributed by atoms with E-state index >= 15 is 0 Å². The van der Waals surface area contributed by atoms with Gasteiger partial charge in [-0.3, -0.25) is 0 Å². The van der Waals surface area contributed by atoms with Gasteiger partial charge in [-0.25, -0.2) is 0 Å².